The van der Waals surface area contributed by atoms with E-state index in [0.29, 0.717) is 23.3 Å². The van der Waals surface area contributed by atoms with Gasteiger partial charge in [-0.05, 0) is 65.6 Å². The highest BCUT2D eigenvalue weighted by molar-refractivity contribution is 6.03. The Bertz CT molecular complexity index is 1970. The lowest BCUT2D eigenvalue weighted by molar-refractivity contribution is -0.125. The van der Waals surface area contributed by atoms with Crippen LogP contribution >= 0.6 is 0 Å². The molecule has 41 heavy (non-hydrogen) atoms. The lowest BCUT2D eigenvalue weighted by atomic mass is 10.0. The number of H-pyrrole nitrogens is 1. The smallest absolute Gasteiger partial charge is 0.268 e. The largest absolute Gasteiger partial charge is 0.475 e. The fourth-order valence-electron chi connectivity index (χ4n) is 6.56. The second-order valence-electron chi connectivity index (χ2n) is 11.5. The zero-order valence-electron chi connectivity index (χ0n) is 22.0. The molecule has 5 aromatic rings. The number of benzene rings is 2. The zero-order chi connectivity index (χ0) is 27.5. The van der Waals surface area contributed by atoms with Crippen LogP contribution in [0, 0.1) is 12.8 Å². The number of rotatable bonds is 4. The van der Waals surface area contributed by atoms with Crippen molar-refractivity contribution in [3.8, 4) is 33.8 Å². The van der Waals surface area contributed by atoms with E-state index in [1.165, 1.54) is 0 Å². The lowest BCUT2D eigenvalue weighted by Gasteiger charge is -2.26. The van der Waals surface area contributed by atoms with Crippen molar-refractivity contribution in [1.29, 1.82) is 0 Å². The Hall–Kier alpha value is -5.06. The van der Waals surface area contributed by atoms with Gasteiger partial charge in [-0.25, -0.2) is 4.98 Å². The highest BCUT2D eigenvalue weighted by Gasteiger charge is 2.56. The molecule has 2 N–H and O–H groups in total. The summed E-state index contributed by atoms with van der Waals surface area (Å²) < 4.78 is 9.60. The summed E-state index contributed by atoms with van der Waals surface area (Å²) in [6.07, 6.45) is 5.86. The predicted molar refractivity (Wildman–Crippen MR) is 148 cm³/mol. The average molecular weight is 545 g/mol. The van der Waals surface area contributed by atoms with Crippen molar-refractivity contribution < 1.29 is 9.53 Å². The molecule has 1 spiro atoms. The van der Waals surface area contributed by atoms with Crippen LogP contribution < -0.4 is 15.6 Å². The highest BCUT2D eigenvalue weighted by atomic mass is 16.5. The Balaban J connectivity index is 1.08. The first-order valence-corrected chi connectivity index (χ1v) is 13.8. The number of hydrogen-bond acceptors (Lipinski definition) is 7. The Morgan fingerprint density at radius 1 is 1.05 bits per heavy atom. The van der Waals surface area contributed by atoms with Gasteiger partial charge in [-0.2, -0.15) is 4.68 Å². The minimum absolute atomic E-state index is 0.0514. The number of carbonyl (C=O) groups excluding carboxylic acids is 1. The van der Waals surface area contributed by atoms with Gasteiger partial charge in [-0.3, -0.25) is 9.59 Å². The fraction of sp³-hybridized carbons (Fsp3) is 0.267. The van der Waals surface area contributed by atoms with Crippen LogP contribution in [0.4, 0.5) is 5.69 Å². The van der Waals surface area contributed by atoms with Crippen molar-refractivity contribution in [3.05, 3.63) is 88.5 Å². The summed E-state index contributed by atoms with van der Waals surface area (Å²) in [5, 5.41) is 14.6. The average Bonchev–Trinajstić information content (AvgIpc) is 3.71. The summed E-state index contributed by atoms with van der Waals surface area (Å²) in [5.41, 5.74) is 6.40. The van der Waals surface area contributed by atoms with E-state index in [-0.39, 0.29) is 17.5 Å². The third-order valence-electron chi connectivity index (χ3n) is 8.90. The molecule has 3 unspecified atom stereocenters. The minimum Gasteiger partial charge on any atom is -0.475 e. The molecule has 11 heteroatoms. The Labute approximate surface area is 233 Å². The number of anilines is 1. The normalized spacial score (nSPS) is 22.5. The second kappa shape index (κ2) is 7.78. The summed E-state index contributed by atoms with van der Waals surface area (Å²) >= 11 is 0. The Morgan fingerprint density at radius 2 is 1.95 bits per heavy atom. The van der Waals surface area contributed by atoms with Gasteiger partial charge < -0.3 is 19.6 Å². The Kier molecular flexibility index (Phi) is 4.31. The summed E-state index contributed by atoms with van der Waals surface area (Å²) in [6, 6.07) is 15.5. The van der Waals surface area contributed by atoms with Crippen molar-refractivity contribution in [3.63, 3.8) is 0 Å². The van der Waals surface area contributed by atoms with Gasteiger partial charge >= 0.3 is 0 Å². The molecule has 0 bridgehead atoms. The number of hydrogen-bond donors (Lipinski definition) is 2. The molecular weight excluding hydrogens is 520 g/mol. The first kappa shape index (κ1) is 22.7. The van der Waals surface area contributed by atoms with Gasteiger partial charge in [0.05, 0.1) is 29.3 Å². The van der Waals surface area contributed by atoms with E-state index >= 15 is 0 Å². The quantitative estimate of drug-likeness (QED) is 0.352. The second-order valence-corrected chi connectivity index (χ2v) is 11.5. The molecule has 0 saturated heterocycles. The zero-order valence-corrected chi connectivity index (χ0v) is 22.0. The number of fused-ring (bicyclic) bond motifs is 4. The number of nitrogens with zero attached hydrogens (tertiary/aromatic N) is 6. The lowest BCUT2D eigenvalue weighted by Crippen LogP contribution is -2.38. The number of aromatic amines is 1. The molecule has 2 aliphatic carbocycles. The monoisotopic (exact) mass is 544 g/mol. The van der Waals surface area contributed by atoms with Crippen molar-refractivity contribution in [2.24, 2.45) is 5.92 Å². The van der Waals surface area contributed by atoms with Crippen LogP contribution in [0.15, 0.2) is 65.8 Å². The van der Waals surface area contributed by atoms with E-state index in [2.05, 4.69) is 38.0 Å². The molecule has 5 heterocycles. The number of imidazole rings is 1. The molecule has 3 atom stereocenters. The molecule has 2 aromatic carbocycles. The first-order chi connectivity index (χ1) is 20.0. The number of aromatic nitrogens is 7. The van der Waals surface area contributed by atoms with Crippen molar-refractivity contribution in [2.75, 3.05) is 5.32 Å². The van der Waals surface area contributed by atoms with Crippen molar-refractivity contribution in [2.45, 2.75) is 43.7 Å². The van der Waals surface area contributed by atoms with E-state index in [1.807, 2.05) is 48.0 Å². The maximum Gasteiger partial charge on any atom is 0.268 e. The van der Waals surface area contributed by atoms with E-state index in [0.717, 1.165) is 64.4 Å². The van der Waals surface area contributed by atoms with E-state index in [1.54, 1.807) is 17.1 Å². The van der Waals surface area contributed by atoms with Gasteiger partial charge in [0.1, 0.15) is 17.9 Å². The maximum atomic E-state index is 13.7. The predicted octanol–water partition coefficient (Wildman–Crippen LogP) is 3.76. The van der Waals surface area contributed by atoms with Gasteiger partial charge in [-0.15, -0.1) is 5.10 Å². The third kappa shape index (κ3) is 3.32. The summed E-state index contributed by atoms with van der Waals surface area (Å²) in [5.74, 6) is 2.02. The summed E-state index contributed by atoms with van der Waals surface area (Å²) in [6.45, 7) is 2.03. The molecule has 3 aromatic heterocycles. The third-order valence-corrected chi connectivity index (χ3v) is 8.90. The molecule has 4 aliphatic rings. The Morgan fingerprint density at radius 3 is 2.78 bits per heavy atom. The molecule has 9 rings (SSSR count). The number of amides is 1. The van der Waals surface area contributed by atoms with E-state index in [9.17, 15) is 9.59 Å². The molecule has 202 valence electrons. The summed E-state index contributed by atoms with van der Waals surface area (Å²) in [7, 11) is 0. The standard InChI is InChI=1S/C30H24N8O3/c1-15-2-5-23(37-14-32-35-36-37)18(8-15)17-9-24-19-12-20(19)27(38(24)26(39)11-17)28-31-13-22(33-28)16-3-4-21-25(10-16)41-30(6-7-30)29(40)34-21/h2-5,8-11,13-14,19-20,27H,6-7,12H2,1H3,(H,31,33)(H,34,40). The molecule has 0 radical (unpaired) electrons. The number of tetrazole rings is 1. The fourth-order valence-corrected chi connectivity index (χ4v) is 6.56. The van der Waals surface area contributed by atoms with Gasteiger partial charge in [0, 0.05) is 41.6 Å². The number of nitrogens with one attached hydrogen (secondary N) is 2. The van der Waals surface area contributed by atoms with Crippen LogP contribution in [0.3, 0.4) is 0 Å². The first-order valence-electron chi connectivity index (χ1n) is 13.8. The minimum atomic E-state index is -0.704. The van der Waals surface area contributed by atoms with E-state index < -0.39 is 5.60 Å². The van der Waals surface area contributed by atoms with Crippen LogP contribution in [-0.2, 0) is 4.79 Å². The van der Waals surface area contributed by atoms with Crippen LogP contribution in [0.2, 0.25) is 0 Å². The van der Waals surface area contributed by atoms with Gasteiger partial charge in [0.15, 0.2) is 5.60 Å². The molecule has 1 amide bonds. The number of carbonyl (C=O) groups is 1. The van der Waals surface area contributed by atoms with Gasteiger partial charge in [0.2, 0.25) is 0 Å². The van der Waals surface area contributed by atoms with Gasteiger partial charge in [-0.1, -0.05) is 17.7 Å². The summed E-state index contributed by atoms with van der Waals surface area (Å²) in [4.78, 5) is 34.2. The van der Waals surface area contributed by atoms with Crippen molar-refractivity contribution >= 4 is 11.6 Å². The van der Waals surface area contributed by atoms with Gasteiger partial charge in [0.25, 0.3) is 11.5 Å². The SMILES string of the molecule is Cc1ccc(-n2cnnn2)c(-c2cc3n(c(=O)c2)C(c2ncc(-c4ccc5c(c4)OC4(CC4)C(=O)N5)[nH]2)C2CC32)c1. The molecular formula is C30H24N8O3. The maximum absolute atomic E-state index is 13.7. The highest BCUT2D eigenvalue weighted by Crippen LogP contribution is 2.60. The van der Waals surface area contributed by atoms with Crippen LogP contribution in [0.1, 0.15) is 48.3 Å². The van der Waals surface area contributed by atoms with Crippen molar-refractivity contribution in [1.82, 2.24) is 34.7 Å². The number of aryl methyl sites for hydroxylation is 1. The number of ether oxygens (including phenoxy) is 1. The molecule has 11 nitrogen and oxygen atoms in total. The topological polar surface area (TPSA) is 133 Å². The molecule has 2 saturated carbocycles. The van der Waals surface area contributed by atoms with Crippen LogP contribution in [0.5, 0.6) is 5.75 Å². The van der Waals surface area contributed by atoms with Crippen LogP contribution in [0.25, 0.3) is 28.1 Å². The van der Waals surface area contributed by atoms with Crippen LogP contribution in [-0.4, -0.2) is 46.3 Å². The number of pyridine rings is 1. The molecule has 2 fully saturated rings. The molecule has 2 aliphatic heterocycles. The van der Waals surface area contributed by atoms with E-state index in [4.69, 9.17) is 9.72 Å².